The minimum atomic E-state index is -3.00. The van der Waals surface area contributed by atoms with E-state index in [9.17, 15) is 13.6 Å². The highest BCUT2D eigenvalue weighted by atomic mass is 35.5. The summed E-state index contributed by atoms with van der Waals surface area (Å²) in [6, 6.07) is 12.7. The largest absolute Gasteiger partial charge is 0.434 e. The number of halogens is 3. The van der Waals surface area contributed by atoms with Gasteiger partial charge in [-0.05, 0) is 49.5 Å². The molecule has 10 heteroatoms. The summed E-state index contributed by atoms with van der Waals surface area (Å²) < 4.78 is 36.3. The molecule has 1 atom stereocenters. The van der Waals surface area contributed by atoms with Crippen LogP contribution in [-0.4, -0.2) is 48.8 Å². The zero-order valence-electron chi connectivity index (χ0n) is 17.8. The van der Waals surface area contributed by atoms with Gasteiger partial charge in [0.2, 0.25) is 0 Å². The molecule has 0 aromatic heterocycles. The highest BCUT2D eigenvalue weighted by Gasteiger charge is 2.38. The monoisotopic (exact) mass is 493 g/mol. The second-order valence-electron chi connectivity index (χ2n) is 7.51. The molecular formula is C23H22ClF2N3O3S. The van der Waals surface area contributed by atoms with E-state index in [4.69, 9.17) is 33.3 Å². The second kappa shape index (κ2) is 10.0. The van der Waals surface area contributed by atoms with Crippen LogP contribution < -0.4 is 15.0 Å². The van der Waals surface area contributed by atoms with Gasteiger partial charge in [0.15, 0.2) is 5.11 Å². The maximum Gasteiger partial charge on any atom is 0.387 e. The van der Waals surface area contributed by atoms with Crippen LogP contribution in [0.3, 0.4) is 0 Å². The predicted molar refractivity (Wildman–Crippen MR) is 126 cm³/mol. The van der Waals surface area contributed by atoms with Crippen molar-refractivity contribution >= 4 is 40.5 Å². The average molecular weight is 494 g/mol. The molecule has 2 aromatic carbocycles. The van der Waals surface area contributed by atoms with Gasteiger partial charge in [0.05, 0.1) is 24.8 Å². The summed E-state index contributed by atoms with van der Waals surface area (Å²) in [7, 11) is 0. The molecule has 33 heavy (non-hydrogen) atoms. The summed E-state index contributed by atoms with van der Waals surface area (Å²) in [5, 5.41) is 4.06. The van der Waals surface area contributed by atoms with E-state index in [1.165, 1.54) is 6.07 Å². The molecule has 174 valence electrons. The molecule has 0 spiro atoms. The number of alkyl halides is 2. The first-order valence-electron chi connectivity index (χ1n) is 10.3. The van der Waals surface area contributed by atoms with Gasteiger partial charge in [0.25, 0.3) is 5.91 Å². The molecule has 1 amide bonds. The number of allylic oxidation sites excluding steroid dienone is 1. The van der Waals surface area contributed by atoms with Gasteiger partial charge in [0.1, 0.15) is 5.75 Å². The number of benzene rings is 2. The highest BCUT2D eigenvalue weighted by Crippen LogP contribution is 2.38. The van der Waals surface area contributed by atoms with E-state index in [1.807, 2.05) is 0 Å². The van der Waals surface area contributed by atoms with Crippen molar-refractivity contribution < 1.29 is 23.0 Å². The van der Waals surface area contributed by atoms with Crippen LogP contribution in [0.1, 0.15) is 18.5 Å². The van der Waals surface area contributed by atoms with Crippen molar-refractivity contribution in [2.24, 2.45) is 0 Å². The number of carbonyl (C=O) groups is 1. The lowest BCUT2D eigenvalue weighted by Crippen LogP contribution is -2.51. The van der Waals surface area contributed by atoms with Crippen molar-refractivity contribution in [3.63, 3.8) is 0 Å². The maximum absolute atomic E-state index is 13.7. The van der Waals surface area contributed by atoms with Gasteiger partial charge in [-0.3, -0.25) is 9.69 Å². The van der Waals surface area contributed by atoms with E-state index in [-0.39, 0.29) is 11.7 Å². The van der Waals surface area contributed by atoms with Crippen LogP contribution in [0.2, 0.25) is 5.02 Å². The van der Waals surface area contributed by atoms with E-state index >= 15 is 0 Å². The summed E-state index contributed by atoms with van der Waals surface area (Å²) in [4.78, 5) is 17.1. The Labute approximate surface area is 200 Å². The molecule has 0 aliphatic carbocycles. The number of rotatable bonds is 5. The Balaban J connectivity index is 1.83. The lowest BCUT2D eigenvalue weighted by molar-refractivity contribution is -0.131. The first-order chi connectivity index (χ1) is 15.9. The normalized spacial score (nSPS) is 19.1. The molecule has 1 saturated heterocycles. The average Bonchev–Trinajstić information content (AvgIpc) is 2.80. The standard InChI is InChI=1S/C23H22ClF2N3O3S/c1-14-19(21(30)28-10-12-31-13-11-28)20(17-4-2-3-5-18(17)32-22(25)26)27-23(33)29(14)16-8-6-15(24)7-9-16/h2-9,20,22H,10-13H2,1H3,(H,27,33). The molecule has 0 saturated carbocycles. The van der Waals surface area contributed by atoms with Gasteiger partial charge in [-0.2, -0.15) is 8.78 Å². The van der Waals surface area contributed by atoms with E-state index in [2.05, 4.69) is 5.32 Å². The van der Waals surface area contributed by atoms with Gasteiger partial charge in [-0.15, -0.1) is 0 Å². The topological polar surface area (TPSA) is 54.0 Å². The van der Waals surface area contributed by atoms with Gasteiger partial charge in [-0.25, -0.2) is 0 Å². The zero-order valence-corrected chi connectivity index (χ0v) is 19.3. The van der Waals surface area contributed by atoms with Gasteiger partial charge < -0.3 is 19.7 Å². The third-order valence-corrected chi connectivity index (χ3v) is 6.10. The maximum atomic E-state index is 13.7. The first kappa shape index (κ1) is 23.4. The fraction of sp³-hybridized carbons (Fsp3) is 0.304. The van der Waals surface area contributed by atoms with Crippen LogP contribution in [0.5, 0.6) is 5.75 Å². The number of morpholine rings is 1. The van der Waals surface area contributed by atoms with Crippen molar-refractivity contribution in [3.8, 4) is 5.75 Å². The minimum Gasteiger partial charge on any atom is -0.434 e. The van der Waals surface area contributed by atoms with E-state index in [0.29, 0.717) is 53.3 Å². The third kappa shape index (κ3) is 4.95. The highest BCUT2D eigenvalue weighted by molar-refractivity contribution is 7.80. The van der Waals surface area contributed by atoms with E-state index < -0.39 is 12.7 Å². The van der Waals surface area contributed by atoms with Crippen molar-refractivity contribution in [2.45, 2.75) is 19.6 Å². The Bertz CT molecular complexity index is 1070. The Morgan fingerprint density at radius 1 is 1.18 bits per heavy atom. The number of nitrogens with one attached hydrogen (secondary N) is 1. The number of hydrogen-bond donors (Lipinski definition) is 1. The number of hydrogen-bond acceptors (Lipinski definition) is 4. The molecule has 2 heterocycles. The van der Waals surface area contributed by atoms with Gasteiger partial charge >= 0.3 is 6.61 Å². The fourth-order valence-corrected chi connectivity index (χ4v) is 4.50. The third-order valence-electron chi connectivity index (χ3n) is 5.54. The first-order valence-corrected chi connectivity index (χ1v) is 11.1. The zero-order chi connectivity index (χ0) is 23.5. The molecule has 0 radical (unpaired) electrons. The lowest BCUT2D eigenvalue weighted by atomic mass is 9.92. The Kier molecular flexibility index (Phi) is 7.11. The number of ether oxygens (including phenoxy) is 2. The van der Waals surface area contributed by atoms with Crippen LogP contribution in [-0.2, 0) is 9.53 Å². The SMILES string of the molecule is CC1=C(C(=O)N2CCOCC2)C(c2ccccc2OC(F)F)NC(=S)N1c1ccc(Cl)cc1. The minimum absolute atomic E-state index is 0.0205. The van der Waals surface area contributed by atoms with Crippen LogP contribution >= 0.6 is 23.8 Å². The fourth-order valence-electron chi connectivity index (χ4n) is 4.01. The van der Waals surface area contributed by atoms with Crippen molar-refractivity contribution in [3.05, 3.63) is 70.4 Å². The quantitative estimate of drug-likeness (QED) is 0.619. The number of anilines is 1. The molecular weight excluding hydrogens is 472 g/mol. The second-order valence-corrected chi connectivity index (χ2v) is 8.34. The number of para-hydroxylation sites is 1. The van der Waals surface area contributed by atoms with Crippen molar-refractivity contribution in [1.82, 2.24) is 10.2 Å². The van der Waals surface area contributed by atoms with Crippen molar-refractivity contribution in [1.29, 1.82) is 0 Å². The Morgan fingerprint density at radius 2 is 1.85 bits per heavy atom. The lowest BCUT2D eigenvalue weighted by Gasteiger charge is -2.40. The van der Waals surface area contributed by atoms with Gasteiger partial charge in [0, 0.05) is 35.1 Å². The summed E-state index contributed by atoms with van der Waals surface area (Å²) in [5.41, 5.74) is 2.10. The van der Waals surface area contributed by atoms with Crippen LogP contribution in [0.4, 0.5) is 14.5 Å². The van der Waals surface area contributed by atoms with E-state index in [0.717, 1.165) is 5.69 Å². The molecule has 4 rings (SSSR count). The number of thiocarbonyl (C=S) groups is 1. The number of amides is 1. The Morgan fingerprint density at radius 3 is 2.52 bits per heavy atom. The molecule has 1 fully saturated rings. The van der Waals surface area contributed by atoms with Crippen LogP contribution in [0.25, 0.3) is 0 Å². The molecule has 1 N–H and O–H groups in total. The van der Waals surface area contributed by atoms with Crippen LogP contribution in [0.15, 0.2) is 59.8 Å². The number of carbonyl (C=O) groups excluding carboxylic acids is 1. The molecule has 0 bridgehead atoms. The van der Waals surface area contributed by atoms with Gasteiger partial charge in [-0.1, -0.05) is 29.8 Å². The van der Waals surface area contributed by atoms with Crippen LogP contribution in [0, 0.1) is 0 Å². The smallest absolute Gasteiger partial charge is 0.387 e. The Hall–Kier alpha value is -2.75. The molecule has 2 aromatic rings. The summed E-state index contributed by atoms with van der Waals surface area (Å²) in [6.07, 6.45) is 0. The molecule has 6 nitrogen and oxygen atoms in total. The number of nitrogens with zero attached hydrogens (tertiary/aromatic N) is 2. The molecule has 1 unspecified atom stereocenters. The summed E-state index contributed by atoms with van der Waals surface area (Å²) >= 11 is 11.7. The summed E-state index contributed by atoms with van der Waals surface area (Å²) in [5.74, 6) is -0.241. The molecule has 2 aliphatic rings. The molecule has 2 aliphatic heterocycles. The summed E-state index contributed by atoms with van der Waals surface area (Å²) in [6.45, 7) is 0.516. The predicted octanol–water partition coefficient (Wildman–Crippen LogP) is 4.51. The van der Waals surface area contributed by atoms with Crippen molar-refractivity contribution in [2.75, 3.05) is 31.2 Å². The van der Waals surface area contributed by atoms with E-state index in [1.54, 1.807) is 59.2 Å².